The first-order chi connectivity index (χ1) is 9.97. The van der Waals surface area contributed by atoms with Crippen LogP contribution in [-0.2, 0) is 17.9 Å². The Kier molecular flexibility index (Phi) is 4.32. The summed E-state index contributed by atoms with van der Waals surface area (Å²) in [5.41, 5.74) is 2.01. The molecule has 2 rings (SSSR count). The first-order valence-corrected chi connectivity index (χ1v) is 6.39. The molecule has 1 amide bonds. The topological polar surface area (TPSA) is 88.3 Å². The van der Waals surface area contributed by atoms with Gasteiger partial charge < -0.3 is 10.0 Å². The Labute approximate surface area is 121 Å². The third kappa shape index (κ3) is 3.65. The maximum absolute atomic E-state index is 12.1. The lowest BCUT2D eigenvalue weighted by Gasteiger charge is -2.18. The van der Waals surface area contributed by atoms with E-state index in [-0.39, 0.29) is 18.1 Å². The van der Waals surface area contributed by atoms with Gasteiger partial charge in [-0.15, -0.1) is 5.10 Å². The molecule has 0 aliphatic carbocycles. The summed E-state index contributed by atoms with van der Waals surface area (Å²) in [5, 5.41) is 15.8. The molecule has 21 heavy (non-hydrogen) atoms. The minimum absolute atomic E-state index is 0.0390. The number of carbonyl (C=O) groups excluding carboxylic acids is 1. The number of hydrogen-bond donors (Lipinski definition) is 1. The van der Waals surface area contributed by atoms with Crippen molar-refractivity contribution in [2.75, 3.05) is 7.05 Å². The van der Waals surface area contributed by atoms with E-state index in [9.17, 15) is 9.59 Å². The van der Waals surface area contributed by atoms with Crippen molar-refractivity contribution < 1.29 is 14.7 Å². The van der Waals surface area contributed by atoms with Gasteiger partial charge in [0.05, 0.1) is 6.20 Å². The number of carboxylic acid groups (broad SMARTS) is 1. The highest BCUT2D eigenvalue weighted by atomic mass is 16.4. The zero-order valence-electron chi connectivity index (χ0n) is 11.9. The number of benzene rings is 1. The number of hydrogen-bond acceptors (Lipinski definition) is 4. The second-order valence-corrected chi connectivity index (χ2v) is 4.78. The van der Waals surface area contributed by atoms with Crippen LogP contribution < -0.4 is 0 Å². The second-order valence-electron chi connectivity index (χ2n) is 4.78. The molecular weight excluding hydrogens is 272 g/mol. The highest BCUT2D eigenvalue weighted by Crippen LogP contribution is 2.09. The highest BCUT2D eigenvalue weighted by molar-refractivity contribution is 5.84. The van der Waals surface area contributed by atoms with Crippen molar-refractivity contribution in [2.45, 2.75) is 20.0 Å². The number of aromatic nitrogens is 3. The SMILES string of the molecule is Cc1ccccc1CN(C)C(=O)Cn1cc(C(=O)O)nn1. The summed E-state index contributed by atoms with van der Waals surface area (Å²) in [6.45, 7) is 2.44. The van der Waals surface area contributed by atoms with Gasteiger partial charge in [0.2, 0.25) is 5.91 Å². The van der Waals surface area contributed by atoms with E-state index < -0.39 is 5.97 Å². The standard InChI is InChI=1S/C14H16N4O3/c1-10-5-3-4-6-11(10)7-17(2)13(19)9-18-8-12(14(20)21)15-16-18/h3-6,8H,7,9H2,1-2H3,(H,20,21). The third-order valence-electron chi connectivity index (χ3n) is 3.15. The maximum atomic E-state index is 12.1. The van der Waals surface area contributed by atoms with Crippen LogP contribution in [0.2, 0.25) is 0 Å². The number of rotatable bonds is 5. The van der Waals surface area contributed by atoms with Crippen molar-refractivity contribution in [1.82, 2.24) is 19.9 Å². The molecule has 0 atom stereocenters. The molecule has 0 aliphatic heterocycles. The first-order valence-electron chi connectivity index (χ1n) is 6.39. The lowest BCUT2D eigenvalue weighted by atomic mass is 10.1. The minimum Gasteiger partial charge on any atom is -0.476 e. The van der Waals surface area contributed by atoms with Crippen LogP contribution in [0.25, 0.3) is 0 Å². The van der Waals surface area contributed by atoms with Crippen LogP contribution in [-0.4, -0.2) is 43.9 Å². The zero-order valence-corrected chi connectivity index (χ0v) is 11.9. The van der Waals surface area contributed by atoms with E-state index in [2.05, 4.69) is 10.3 Å². The number of aryl methyl sites for hydroxylation is 1. The van der Waals surface area contributed by atoms with Gasteiger partial charge in [0.1, 0.15) is 6.54 Å². The average Bonchev–Trinajstić information content (AvgIpc) is 2.90. The molecule has 1 aromatic heterocycles. The summed E-state index contributed by atoms with van der Waals surface area (Å²) in [7, 11) is 1.70. The van der Waals surface area contributed by atoms with Gasteiger partial charge in [-0.1, -0.05) is 29.5 Å². The predicted molar refractivity (Wildman–Crippen MR) is 74.6 cm³/mol. The van der Waals surface area contributed by atoms with Crippen LogP contribution in [0, 0.1) is 6.92 Å². The van der Waals surface area contributed by atoms with Crippen molar-refractivity contribution >= 4 is 11.9 Å². The van der Waals surface area contributed by atoms with E-state index in [1.165, 1.54) is 10.9 Å². The molecule has 0 radical (unpaired) electrons. The van der Waals surface area contributed by atoms with Crippen molar-refractivity contribution in [3.8, 4) is 0 Å². The fourth-order valence-corrected chi connectivity index (χ4v) is 1.86. The maximum Gasteiger partial charge on any atom is 0.358 e. The third-order valence-corrected chi connectivity index (χ3v) is 3.15. The number of aromatic carboxylic acids is 1. The Morgan fingerprint density at radius 2 is 2.05 bits per heavy atom. The molecular formula is C14H16N4O3. The Bertz CT molecular complexity index is 666. The molecule has 1 aromatic carbocycles. The van der Waals surface area contributed by atoms with Gasteiger partial charge in [-0.25, -0.2) is 9.48 Å². The summed E-state index contributed by atoms with van der Waals surface area (Å²) >= 11 is 0. The minimum atomic E-state index is -1.16. The van der Waals surface area contributed by atoms with Crippen LogP contribution in [0.3, 0.4) is 0 Å². The Morgan fingerprint density at radius 3 is 2.67 bits per heavy atom. The average molecular weight is 288 g/mol. The molecule has 0 fully saturated rings. The van der Waals surface area contributed by atoms with Gasteiger partial charge in [0.15, 0.2) is 5.69 Å². The fraction of sp³-hybridized carbons (Fsp3) is 0.286. The molecule has 2 aromatic rings. The predicted octanol–water partition coefficient (Wildman–Crippen LogP) is 0.943. The summed E-state index contributed by atoms with van der Waals surface area (Å²) in [4.78, 5) is 24.4. The Balaban J connectivity index is 1.99. The number of likely N-dealkylation sites (N-methyl/N-ethyl adjacent to an activating group) is 1. The second kappa shape index (κ2) is 6.17. The van der Waals surface area contributed by atoms with Crippen LogP contribution in [0.4, 0.5) is 0 Å². The smallest absolute Gasteiger partial charge is 0.358 e. The van der Waals surface area contributed by atoms with Crippen molar-refractivity contribution in [3.05, 3.63) is 47.3 Å². The van der Waals surface area contributed by atoms with E-state index in [0.29, 0.717) is 6.54 Å². The number of carbonyl (C=O) groups is 2. The lowest BCUT2D eigenvalue weighted by molar-refractivity contribution is -0.131. The quantitative estimate of drug-likeness (QED) is 0.884. The van der Waals surface area contributed by atoms with E-state index in [1.807, 2.05) is 31.2 Å². The molecule has 0 spiro atoms. The van der Waals surface area contributed by atoms with E-state index in [4.69, 9.17) is 5.11 Å². The van der Waals surface area contributed by atoms with Gasteiger partial charge in [-0.3, -0.25) is 4.79 Å². The Hall–Kier alpha value is -2.70. The summed E-state index contributed by atoms with van der Waals surface area (Å²) < 4.78 is 1.22. The van der Waals surface area contributed by atoms with Crippen molar-refractivity contribution in [1.29, 1.82) is 0 Å². The van der Waals surface area contributed by atoms with Gasteiger partial charge in [-0.05, 0) is 18.1 Å². The molecule has 110 valence electrons. The van der Waals surface area contributed by atoms with Crippen LogP contribution >= 0.6 is 0 Å². The van der Waals surface area contributed by atoms with Crippen LogP contribution in [0.15, 0.2) is 30.5 Å². The molecule has 0 saturated carbocycles. The number of nitrogens with zero attached hydrogens (tertiary/aromatic N) is 4. The van der Waals surface area contributed by atoms with E-state index in [0.717, 1.165) is 11.1 Å². The zero-order chi connectivity index (χ0) is 15.4. The molecule has 7 heteroatoms. The van der Waals surface area contributed by atoms with Gasteiger partial charge >= 0.3 is 5.97 Å². The molecule has 1 heterocycles. The number of carboxylic acids is 1. The highest BCUT2D eigenvalue weighted by Gasteiger charge is 2.14. The largest absolute Gasteiger partial charge is 0.476 e. The van der Waals surface area contributed by atoms with Gasteiger partial charge in [0.25, 0.3) is 0 Å². The summed E-state index contributed by atoms with van der Waals surface area (Å²) in [6.07, 6.45) is 1.24. The van der Waals surface area contributed by atoms with Crippen LogP contribution in [0.1, 0.15) is 21.6 Å². The summed E-state index contributed by atoms with van der Waals surface area (Å²) in [6, 6.07) is 7.84. The normalized spacial score (nSPS) is 10.4. The molecule has 0 aliphatic rings. The van der Waals surface area contributed by atoms with Gasteiger partial charge in [-0.2, -0.15) is 0 Å². The fourth-order valence-electron chi connectivity index (χ4n) is 1.86. The molecule has 1 N–H and O–H groups in total. The van der Waals surface area contributed by atoms with E-state index >= 15 is 0 Å². The lowest BCUT2D eigenvalue weighted by Crippen LogP contribution is -2.30. The van der Waals surface area contributed by atoms with Crippen LogP contribution in [0.5, 0.6) is 0 Å². The molecule has 7 nitrogen and oxygen atoms in total. The van der Waals surface area contributed by atoms with Crippen molar-refractivity contribution in [3.63, 3.8) is 0 Å². The molecule has 0 saturated heterocycles. The number of amides is 1. The van der Waals surface area contributed by atoms with Gasteiger partial charge in [0, 0.05) is 13.6 Å². The molecule has 0 bridgehead atoms. The first kappa shape index (κ1) is 14.7. The summed E-state index contributed by atoms with van der Waals surface area (Å²) in [5.74, 6) is -1.33. The monoisotopic (exact) mass is 288 g/mol. The van der Waals surface area contributed by atoms with E-state index in [1.54, 1.807) is 11.9 Å². The van der Waals surface area contributed by atoms with Crippen molar-refractivity contribution in [2.24, 2.45) is 0 Å². The Morgan fingerprint density at radius 1 is 1.33 bits per heavy atom. The molecule has 0 unspecified atom stereocenters.